The minimum atomic E-state index is -0.297. The van der Waals surface area contributed by atoms with Crippen LogP contribution in [0.15, 0.2) is 52.8 Å². The van der Waals surface area contributed by atoms with Gasteiger partial charge < -0.3 is 9.30 Å². The molecule has 0 aliphatic heterocycles. The molecule has 25 heavy (non-hydrogen) atoms. The summed E-state index contributed by atoms with van der Waals surface area (Å²) in [6.45, 7) is 2.22. The van der Waals surface area contributed by atoms with Crippen molar-refractivity contribution in [2.75, 3.05) is 12.4 Å². The molecule has 0 spiro atoms. The second kappa shape index (κ2) is 7.31. The number of amides is 1. The molecule has 0 saturated carbocycles. The van der Waals surface area contributed by atoms with Gasteiger partial charge in [-0.15, -0.1) is 11.3 Å². The summed E-state index contributed by atoms with van der Waals surface area (Å²) >= 11 is 1.36. The average molecular weight is 355 g/mol. The van der Waals surface area contributed by atoms with E-state index in [4.69, 9.17) is 4.74 Å². The zero-order valence-electron chi connectivity index (χ0n) is 13.9. The van der Waals surface area contributed by atoms with Crippen LogP contribution in [0, 0.1) is 6.92 Å². The van der Waals surface area contributed by atoms with Gasteiger partial charge in [0.1, 0.15) is 5.75 Å². The Morgan fingerprint density at radius 2 is 2.16 bits per heavy atom. The number of methoxy groups -OCH3 is 1. The highest BCUT2D eigenvalue weighted by Gasteiger charge is 2.10. The third kappa shape index (κ3) is 4.13. The lowest BCUT2D eigenvalue weighted by Crippen LogP contribution is -2.22. The maximum absolute atomic E-state index is 12.4. The van der Waals surface area contributed by atoms with E-state index in [-0.39, 0.29) is 11.5 Å². The van der Waals surface area contributed by atoms with Crippen molar-refractivity contribution in [3.63, 3.8) is 0 Å². The van der Waals surface area contributed by atoms with Crippen molar-refractivity contribution < 1.29 is 9.53 Å². The Labute approximate surface area is 148 Å². The molecule has 0 fully saturated rings. The summed E-state index contributed by atoms with van der Waals surface area (Å²) < 4.78 is 6.69. The van der Waals surface area contributed by atoms with E-state index in [2.05, 4.69) is 10.3 Å². The first kappa shape index (κ1) is 16.9. The number of hydrogen-bond acceptors (Lipinski definition) is 5. The van der Waals surface area contributed by atoms with E-state index < -0.39 is 0 Å². The van der Waals surface area contributed by atoms with Crippen LogP contribution in [-0.2, 0) is 6.54 Å². The number of carbonyl (C=O) groups excluding carboxylic acids is 1. The Morgan fingerprint density at radius 1 is 1.32 bits per heavy atom. The summed E-state index contributed by atoms with van der Waals surface area (Å²) in [6, 6.07) is 10.4. The first-order chi connectivity index (χ1) is 12.0. The fourth-order valence-corrected chi connectivity index (χ4v) is 3.02. The van der Waals surface area contributed by atoms with Crippen molar-refractivity contribution in [1.82, 2.24) is 9.55 Å². The zero-order chi connectivity index (χ0) is 17.8. The summed E-state index contributed by atoms with van der Waals surface area (Å²) in [4.78, 5) is 28.7. The van der Waals surface area contributed by atoms with Crippen molar-refractivity contribution in [3.8, 4) is 5.75 Å². The number of ether oxygens (including phenoxy) is 1. The predicted molar refractivity (Wildman–Crippen MR) is 97.6 cm³/mol. The van der Waals surface area contributed by atoms with Gasteiger partial charge in [-0.25, -0.2) is 4.98 Å². The van der Waals surface area contributed by atoms with Gasteiger partial charge in [0.2, 0.25) is 0 Å². The van der Waals surface area contributed by atoms with Crippen LogP contribution < -0.4 is 15.6 Å². The minimum absolute atomic E-state index is 0.176. The zero-order valence-corrected chi connectivity index (χ0v) is 14.7. The number of thiazole rings is 1. The number of carbonyl (C=O) groups is 1. The molecule has 1 aromatic carbocycles. The summed E-state index contributed by atoms with van der Waals surface area (Å²) in [5.41, 5.74) is 1.98. The first-order valence-corrected chi connectivity index (χ1v) is 8.50. The molecule has 0 saturated heterocycles. The lowest BCUT2D eigenvalue weighted by Gasteiger charge is -2.09. The van der Waals surface area contributed by atoms with E-state index in [1.54, 1.807) is 13.3 Å². The van der Waals surface area contributed by atoms with Gasteiger partial charge in [0.15, 0.2) is 5.13 Å². The normalized spacial score (nSPS) is 10.5. The molecule has 0 bridgehead atoms. The molecule has 6 nitrogen and oxygen atoms in total. The average Bonchev–Trinajstić information content (AvgIpc) is 3.01. The predicted octanol–water partition coefficient (Wildman–Crippen LogP) is 2.92. The molecule has 128 valence electrons. The lowest BCUT2D eigenvalue weighted by atomic mass is 10.2. The van der Waals surface area contributed by atoms with Crippen molar-refractivity contribution >= 4 is 22.4 Å². The smallest absolute Gasteiger partial charge is 0.258 e. The fraction of sp³-hybridized carbons (Fsp3) is 0.167. The molecule has 0 unspecified atom stereocenters. The molecule has 2 heterocycles. The number of anilines is 1. The largest absolute Gasteiger partial charge is 0.497 e. The van der Waals surface area contributed by atoms with Crippen LogP contribution in [-0.4, -0.2) is 22.6 Å². The molecular weight excluding hydrogens is 338 g/mol. The number of rotatable bonds is 5. The molecule has 1 amide bonds. The van der Waals surface area contributed by atoms with Crippen LogP contribution in [0.2, 0.25) is 0 Å². The van der Waals surface area contributed by atoms with Gasteiger partial charge in [-0.1, -0.05) is 12.1 Å². The van der Waals surface area contributed by atoms with Crippen molar-refractivity contribution in [2.24, 2.45) is 0 Å². The van der Waals surface area contributed by atoms with Gasteiger partial charge >= 0.3 is 0 Å². The number of hydrogen-bond donors (Lipinski definition) is 1. The maximum atomic E-state index is 12.4. The van der Waals surface area contributed by atoms with Gasteiger partial charge in [0, 0.05) is 17.6 Å². The number of aryl methyl sites for hydroxylation is 1. The molecule has 0 aliphatic rings. The van der Waals surface area contributed by atoms with E-state index in [1.807, 2.05) is 36.6 Å². The fourth-order valence-electron chi connectivity index (χ4n) is 2.34. The summed E-state index contributed by atoms with van der Waals surface area (Å²) in [5, 5.41) is 5.14. The Balaban J connectivity index is 1.82. The monoisotopic (exact) mass is 355 g/mol. The van der Waals surface area contributed by atoms with Crippen LogP contribution in [0.4, 0.5) is 5.13 Å². The third-order valence-electron chi connectivity index (χ3n) is 3.57. The molecule has 0 aliphatic carbocycles. The van der Waals surface area contributed by atoms with Gasteiger partial charge in [0.25, 0.3) is 11.5 Å². The number of nitrogens with zero attached hydrogens (tertiary/aromatic N) is 2. The van der Waals surface area contributed by atoms with E-state index >= 15 is 0 Å². The second-order valence-electron chi connectivity index (χ2n) is 5.48. The Hall–Kier alpha value is -2.93. The van der Waals surface area contributed by atoms with Crippen molar-refractivity contribution in [3.05, 3.63) is 75.1 Å². The summed E-state index contributed by atoms with van der Waals surface area (Å²) in [5.74, 6) is 0.423. The van der Waals surface area contributed by atoms with E-state index in [0.717, 1.165) is 17.0 Å². The van der Waals surface area contributed by atoms with E-state index in [1.165, 1.54) is 28.0 Å². The van der Waals surface area contributed by atoms with E-state index in [0.29, 0.717) is 17.2 Å². The number of benzene rings is 1. The molecular formula is C18H17N3O3S. The van der Waals surface area contributed by atoms with Gasteiger partial charge in [-0.2, -0.15) is 0 Å². The maximum Gasteiger partial charge on any atom is 0.258 e. The number of pyridine rings is 1. The highest BCUT2D eigenvalue weighted by molar-refractivity contribution is 7.13. The highest BCUT2D eigenvalue weighted by Crippen LogP contribution is 2.16. The Kier molecular flexibility index (Phi) is 4.95. The Bertz CT molecular complexity index is 962. The minimum Gasteiger partial charge on any atom is -0.497 e. The number of nitrogens with one attached hydrogen (secondary N) is 1. The lowest BCUT2D eigenvalue weighted by molar-refractivity contribution is 0.102. The van der Waals surface area contributed by atoms with Crippen LogP contribution in [0.3, 0.4) is 0 Å². The molecule has 0 atom stereocenters. The van der Waals surface area contributed by atoms with Crippen LogP contribution in [0.5, 0.6) is 5.75 Å². The van der Waals surface area contributed by atoms with Crippen molar-refractivity contribution in [1.29, 1.82) is 0 Å². The molecule has 1 N–H and O–H groups in total. The van der Waals surface area contributed by atoms with Gasteiger partial charge in [0.05, 0.1) is 24.9 Å². The molecule has 7 heteroatoms. The van der Waals surface area contributed by atoms with Crippen LogP contribution in [0.1, 0.15) is 21.6 Å². The highest BCUT2D eigenvalue weighted by atomic mass is 32.1. The summed E-state index contributed by atoms with van der Waals surface area (Å²) in [7, 11) is 1.59. The van der Waals surface area contributed by atoms with Crippen LogP contribution >= 0.6 is 11.3 Å². The molecule has 0 radical (unpaired) electrons. The second-order valence-corrected chi connectivity index (χ2v) is 6.34. The SMILES string of the molecule is COc1cccc(Cn2cc(C(=O)Nc3nc(C)cs3)ccc2=O)c1. The van der Waals surface area contributed by atoms with Crippen LogP contribution in [0.25, 0.3) is 0 Å². The van der Waals surface area contributed by atoms with Crippen molar-refractivity contribution in [2.45, 2.75) is 13.5 Å². The molecule has 3 aromatic rings. The van der Waals surface area contributed by atoms with Gasteiger partial charge in [-0.3, -0.25) is 14.9 Å². The third-order valence-corrected chi connectivity index (χ3v) is 4.45. The Morgan fingerprint density at radius 3 is 2.88 bits per heavy atom. The van der Waals surface area contributed by atoms with Gasteiger partial charge in [-0.05, 0) is 30.7 Å². The topological polar surface area (TPSA) is 73.2 Å². The summed E-state index contributed by atoms with van der Waals surface area (Å²) in [6.07, 6.45) is 1.55. The first-order valence-electron chi connectivity index (χ1n) is 7.62. The standard InChI is InChI=1S/C18H17N3O3S/c1-12-11-25-18(19-12)20-17(23)14-6-7-16(22)21(10-14)9-13-4-3-5-15(8-13)24-2/h3-8,10-11H,9H2,1-2H3,(H,19,20,23). The molecule has 3 rings (SSSR count). The van der Waals surface area contributed by atoms with E-state index in [9.17, 15) is 9.59 Å². The molecule has 2 aromatic heterocycles. The quantitative estimate of drug-likeness (QED) is 0.764. The number of aromatic nitrogens is 2.